The van der Waals surface area contributed by atoms with Gasteiger partial charge in [0.1, 0.15) is 5.52 Å². The van der Waals surface area contributed by atoms with Gasteiger partial charge in [0.2, 0.25) is 0 Å². The van der Waals surface area contributed by atoms with E-state index in [0.717, 1.165) is 36.9 Å². The average molecular weight is 481 g/mol. The number of hydrogen-bond donors (Lipinski definition) is 3. The summed E-state index contributed by atoms with van der Waals surface area (Å²) in [5, 5.41) is 6.63. The first-order chi connectivity index (χ1) is 13.9. The highest BCUT2D eigenvalue weighted by atomic mass is 79.9. The third kappa shape index (κ3) is 4.10. The molecule has 1 fully saturated rings. The van der Waals surface area contributed by atoms with Crippen LogP contribution >= 0.6 is 27.5 Å². The zero-order chi connectivity index (χ0) is 20.5. The predicted molar refractivity (Wildman–Crippen MR) is 116 cm³/mol. The predicted octanol–water partition coefficient (Wildman–Crippen LogP) is 4.43. The van der Waals surface area contributed by atoms with E-state index in [2.05, 4.69) is 31.5 Å². The Morgan fingerprint density at radius 2 is 2.14 bits per heavy atom. The molecule has 0 unspecified atom stereocenters. The van der Waals surface area contributed by atoms with Crippen LogP contribution in [-0.2, 0) is 6.54 Å². The third-order valence-electron chi connectivity index (χ3n) is 5.23. The molecule has 0 aliphatic carbocycles. The quantitative estimate of drug-likeness (QED) is 0.504. The molecule has 3 aromatic rings. The van der Waals surface area contributed by atoms with Crippen molar-refractivity contribution in [1.29, 1.82) is 0 Å². The fraction of sp³-hybridized carbons (Fsp3) is 0.300. The minimum atomic E-state index is -0.726. The molecule has 1 aromatic heterocycles. The van der Waals surface area contributed by atoms with Crippen molar-refractivity contribution in [1.82, 2.24) is 14.9 Å². The molecule has 0 saturated carbocycles. The van der Waals surface area contributed by atoms with Gasteiger partial charge in [0.15, 0.2) is 5.82 Å². The molecular formula is C20H20BrClFN5O. The Balaban J connectivity index is 1.75. The number of nitrogens with two attached hydrogens (primary N) is 1. The second kappa shape index (κ2) is 8.30. The van der Waals surface area contributed by atoms with Gasteiger partial charge in [-0.1, -0.05) is 27.5 Å². The van der Waals surface area contributed by atoms with Crippen LogP contribution in [-0.4, -0.2) is 28.5 Å². The van der Waals surface area contributed by atoms with Crippen molar-refractivity contribution in [3.05, 3.63) is 51.5 Å². The minimum Gasteiger partial charge on any atom is -0.366 e. The molecule has 4 N–H and O–H groups in total. The van der Waals surface area contributed by atoms with E-state index in [-0.39, 0.29) is 16.8 Å². The number of anilines is 2. The van der Waals surface area contributed by atoms with Crippen LogP contribution in [0.3, 0.4) is 0 Å². The topological polar surface area (TPSA) is 85.0 Å². The van der Waals surface area contributed by atoms with Crippen LogP contribution in [0.25, 0.3) is 11.0 Å². The first-order valence-corrected chi connectivity index (χ1v) is 10.5. The largest absolute Gasteiger partial charge is 0.366 e. The molecule has 1 aliphatic rings. The molecular weight excluding hydrogens is 461 g/mol. The van der Waals surface area contributed by atoms with Gasteiger partial charge in [0.25, 0.3) is 5.91 Å². The zero-order valence-electron chi connectivity index (χ0n) is 15.5. The van der Waals surface area contributed by atoms with E-state index < -0.39 is 11.7 Å². The van der Waals surface area contributed by atoms with Crippen molar-refractivity contribution < 1.29 is 9.18 Å². The summed E-state index contributed by atoms with van der Waals surface area (Å²) in [6, 6.07) is 6.74. The molecule has 0 bridgehead atoms. The summed E-state index contributed by atoms with van der Waals surface area (Å²) in [5.41, 5.74) is 6.81. The molecule has 0 spiro atoms. The number of nitrogens with one attached hydrogen (secondary N) is 2. The van der Waals surface area contributed by atoms with E-state index in [0.29, 0.717) is 22.1 Å². The fourth-order valence-electron chi connectivity index (χ4n) is 3.69. The van der Waals surface area contributed by atoms with Gasteiger partial charge in [-0.05, 0) is 56.1 Å². The van der Waals surface area contributed by atoms with Crippen molar-refractivity contribution >= 4 is 55.8 Å². The molecule has 29 heavy (non-hydrogen) atoms. The fourth-order valence-corrected chi connectivity index (χ4v) is 4.41. The summed E-state index contributed by atoms with van der Waals surface area (Å²) in [4.78, 5) is 16.4. The lowest BCUT2D eigenvalue weighted by molar-refractivity contribution is 0.100. The Morgan fingerprint density at radius 3 is 2.83 bits per heavy atom. The molecule has 2 heterocycles. The van der Waals surface area contributed by atoms with Crippen LogP contribution in [0.2, 0.25) is 5.02 Å². The minimum absolute atomic E-state index is 0.0265. The number of benzene rings is 2. The molecule has 4 rings (SSSR count). The molecule has 152 valence electrons. The number of amides is 1. The number of nitrogens with zero attached hydrogens (tertiary/aromatic N) is 2. The summed E-state index contributed by atoms with van der Waals surface area (Å²) in [6.07, 6.45) is 3.72. The molecule has 1 aliphatic heterocycles. The Labute approximate surface area is 180 Å². The highest BCUT2D eigenvalue weighted by Crippen LogP contribution is 2.34. The van der Waals surface area contributed by atoms with Crippen LogP contribution in [0.5, 0.6) is 0 Å². The monoisotopic (exact) mass is 479 g/mol. The van der Waals surface area contributed by atoms with Crippen molar-refractivity contribution in [2.45, 2.75) is 19.4 Å². The standard InChI is InChI=1S/C20H20BrClFN5O/c21-12-1-2-15(14(22)7-12)27-18-13(20(24)29)8-16-19(17(18)23)26-10-28(16)9-11-3-5-25-6-4-11/h1-2,7-8,10-11,25,27H,3-6,9H2,(H2,24,29). The SMILES string of the molecule is NC(=O)c1cc2c(ncn2CC2CCNCC2)c(F)c1Nc1ccc(Br)cc1Cl. The maximum absolute atomic E-state index is 15.4. The molecule has 6 nitrogen and oxygen atoms in total. The average Bonchev–Trinajstić information content (AvgIpc) is 3.09. The number of aromatic nitrogens is 2. The number of piperidine rings is 1. The van der Waals surface area contributed by atoms with Crippen LogP contribution in [0, 0.1) is 11.7 Å². The first kappa shape index (κ1) is 20.1. The lowest BCUT2D eigenvalue weighted by atomic mass is 9.98. The Hall–Kier alpha value is -2.16. The summed E-state index contributed by atoms with van der Waals surface area (Å²) in [5.74, 6) is -0.872. The van der Waals surface area contributed by atoms with Gasteiger partial charge in [-0.2, -0.15) is 0 Å². The van der Waals surface area contributed by atoms with Crippen LogP contribution < -0.4 is 16.4 Å². The molecule has 0 atom stereocenters. The van der Waals surface area contributed by atoms with E-state index in [9.17, 15) is 4.79 Å². The molecule has 0 radical (unpaired) electrons. The van der Waals surface area contributed by atoms with Crippen molar-refractivity contribution in [3.8, 4) is 0 Å². The number of imidazole rings is 1. The number of rotatable bonds is 5. The van der Waals surface area contributed by atoms with Gasteiger partial charge < -0.3 is 20.9 Å². The zero-order valence-corrected chi connectivity index (χ0v) is 17.9. The summed E-state index contributed by atoms with van der Waals surface area (Å²) < 4.78 is 18.1. The first-order valence-electron chi connectivity index (χ1n) is 9.34. The Morgan fingerprint density at radius 1 is 1.38 bits per heavy atom. The van der Waals surface area contributed by atoms with Crippen molar-refractivity contribution in [3.63, 3.8) is 0 Å². The number of halogens is 3. The lowest BCUT2D eigenvalue weighted by Gasteiger charge is -2.23. The van der Waals surface area contributed by atoms with Gasteiger partial charge in [0.05, 0.1) is 33.8 Å². The molecule has 1 amide bonds. The second-order valence-electron chi connectivity index (χ2n) is 7.18. The molecule has 2 aromatic carbocycles. The highest BCUT2D eigenvalue weighted by Gasteiger charge is 2.22. The second-order valence-corrected chi connectivity index (χ2v) is 8.51. The number of hydrogen-bond acceptors (Lipinski definition) is 4. The number of fused-ring (bicyclic) bond motifs is 1. The normalized spacial score (nSPS) is 15.0. The maximum atomic E-state index is 15.4. The van der Waals surface area contributed by atoms with Gasteiger partial charge in [0, 0.05) is 11.0 Å². The number of primary amides is 1. The summed E-state index contributed by atoms with van der Waals surface area (Å²) in [7, 11) is 0. The molecule has 9 heteroatoms. The highest BCUT2D eigenvalue weighted by molar-refractivity contribution is 9.10. The third-order valence-corrected chi connectivity index (χ3v) is 6.03. The maximum Gasteiger partial charge on any atom is 0.251 e. The lowest BCUT2D eigenvalue weighted by Crippen LogP contribution is -2.29. The molecule has 1 saturated heterocycles. The summed E-state index contributed by atoms with van der Waals surface area (Å²) in [6.45, 7) is 2.67. The van der Waals surface area contributed by atoms with E-state index in [4.69, 9.17) is 17.3 Å². The van der Waals surface area contributed by atoms with Crippen LogP contribution in [0.4, 0.5) is 15.8 Å². The van der Waals surface area contributed by atoms with Gasteiger partial charge >= 0.3 is 0 Å². The van der Waals surface area contributed by atoms with E-state index in [1.807, 2.05) is 4.57 Å². The van der Waals surface area contributed by atoms with Crippen LogP contribution in [0.15, 0.2) is 35.1 Å². The smallest absolute Gasteiger partial charge is 0.251 e. The van der Waals surface area contributed by atoms with E-state index in [1.165, 1.54) is 0 Å². The van der Waals surface area contributed by atoms with E-state index in [1.54, 1.807) is 30.6 Å². The summed E-state index contributed by atoms with van der Waals surface area (Å²) >= 11 is 9.57. The Bertz CT molecular complexity index is 1080. The van der Waals surface area contributed by atoms with Crippen LogP contribution in [0.1, 0.15) is 23.2 Å². The van der Waals surface area contributed by atoms with Gasteiger partial charge in [-0.25, -0.2) is 9.37 Å². The Kier molecular flexibility index (Phi) is 5.76. The van der Waals surface area contributed by atoms with Gasteiger partial charge in [-0.15, -0.1) is 0 Å². The number of carbonyl (C=O) groups excluding carboxylic acids is 1. The van der Waals surface area contributed by atoms with Crippen molar-refractivity contribution in [2.75, 3.05) is 18.4 Å². The van der Waals surface area contributed by atoms with Gasteiger partial charge in [-0.3, -0.25) is 4.79 Å². The van der Waals surface area contributed by atoms with E-state index >= 15 is 4.39 Å². The van der Waals surface area contributed by atoms with Crippen molar-refractivity contribution in [2.24, 2.45) is 11.7 Å². The number of carbonyl (C=O) groups is 1.